The monoisotopic (exact) mass is 216 g/mol. The van der Waals surface area contributed by atoms with Gasteiger partial charge in [-0.1, -0.05) is 30.3 Å². The van der Waals surface area contributed by atoms with Gasteiger partial charge in [0.2, 0.25) is 5.82 Å². The van der Waals surface area contributed by atoms with Crippen molar-refractivity contribution in [3.8, 4) is 11.4 Å². The number of nitrogens with zero attached hydrogens (tertiary/aromatic N) is 3. The molecule has 0 radical (unpaired) electrons. The summed E-state index contributed by atoms with van der Waals surface area (Å²) in [5.74, 6) is 0.252. The number of nitrogen functional groups attached to an aromatic ring is 1. The number of nitro groups is 1. The van der Waals surface area contributed by atoms with Gasteiger partial charge in [-0.3, -0.25) is 10.1 Å². The Labute approximate surface area is 90.9 Å². The molecular formula is C10H8N4O2. The summed E-state index contributed by atoms with van der Waals surface area (Å²) in [6, 6.07) is 9.13. The van der Waals surface area contributed by atoms with E-state index in [0.717, 1.165) is 11.8 Å². The molecule has 0 unspecified atom stereocenters. The van der Waals surface area contributed by atoms with Crippen LogP contribution in [-0.4, -0.2) is 14.9 Å². The lowest BCUT2D eigenvalue weighted by Crippen LogP contribution is -2.01. The summed E-state index contributed by atoms with van der Waals surface area (Å²) >= 11 is 0. The fraction of sp³-hybridized carbons (Fsp3) is 0. The number of rotatable bonds is 2. The third-order valence-electron chi connectivity index (χ3n) is 2.03. The van der Waals surface area contributed by atoms with Gasteiger partial charge in [0.25, 0.3) is 0 Å². The van der Waals surface area contributed by atoms with E-state index in [2.05, 4.69) is 9.97 Å². The predicted octanol–water partition coefficient (Wildman–Crippen LogP) is 1.63. The molecule has 0 fully saturated rings. The predicted molar refractivity (Wildman–Crippen MR) is 58.5 cm³/mol. The summed E-state index contributed by atoms with van der Waals surface area (Å²) in [4.78, 5) is 17.7. The molecule has 6 nitrogen and oxygen atoms in total. The molecular weight excluding hydrogens is 208 g/mol. The molecule has 6 heteroatoms. The van der Waals surface area contributed by atoms with E-state index >= 15 is 0 Å². The standard InChI is InChI=1S/C10H8N4O2/c11-9-8(14(15)16)6-12-10(13-9)7-4-2-1-3-5-7/h1-6H,(H2,11,12,13). The van der Waals surface area contributed by atoms with Gasteiger partial charge in [0.1, 0.15) is 6.20 Å². The topological polar surface area (TPSA) is 94.9 Å². The Hall–Kier alpha value is -2.50. The summed E-state index contributed by atoms with van der Waals surface area (Å²) < 4.78 is 0. The van der Waals surface area contributed by atoms with Crippen LogP contribution in [0.4, 0.5) is 11.5 Å². The summed E-state index contributed by atoms with van der Waals surface area (Å²) in [6.45, 7) is 0. The number of nitrogens with two attached hydrogens (primary N) is 1. The highest BCUT2D eigenvalue weighted by molar-refractivity contribution is 5.60. The summed E-state index contributed by atoms with van der Waals surface area (Å²) in [6.07, 6.45) is 1.12. The van der Waals surface area contributed by atoms with Crippen molar-refractivity contribution in [3.63, 3.8) is 0 Å². The van der Waals surface area contributed by atoms with Crippen LogP contribution >= 0.6 is 0 Å². The molecule has 0 aliphatic carbocycles. The second-order valence-corrected chi connectivity index (χ2v) is 3.09. The van der Waals surface area contributed by atoms with Gasteiger partial charge in [0.15, 0.2) is 5.82 Å². The first kappa shape index (κ1) is 10.0. The van der Waals surface area contributed by atoms with E-state index in [4.69, 9.17) is 5.73 Å². The molecule has 80 valence electrons. The first-order chi connectivity index (χ1) is 7.68. The van der Waals surface area contributed by atoms with Gasteiger partial charge in [0.05, 0.1) is 4.92 Å². The number of anilines is 1. The van der Waals surface area contributed by atoms with E-state index in [-0.39, 0.29) is 11.5 Å². The van der Waals surface area contributed by atoms with E-state index in [0.29, 0.717) is 5.82 Å². The lowest BCUT2D eigenvalue weighted by atomic mass is 10.2. The van der Waals surface area contributed by atoms with Gasteiger partial charge in [0, 0.05) is 5.56 Å². The minimum atomic E-state index is -0.607. The van der Waals surface area contributed by atoms with E-state index in [1.165, 1.54) is 0 Å². The fourth-order valence-corrected chi connectivity index (χ4v) is 1.26. The van der Waals surface area contributed by atoms with Gasteiger partial charge < -0.3 is 5.73 Å². The van der Waals surface area contributed by atoms with Crippen LogP contribution in [-0.2, 0) is 0 Å². The zero-order valence-corrected chi connectivity index (χ0v) is 8.20. The summed E-state index contributed by atoms with van der Waals surface area (Å²) in [7, 11) is 0. The van der Waals surface area contributed by atoms with Crippen LogP contribution < -0.4 is 5.73 Å². The molecule has 0 saturated carbocycles. The van der Waals surface area contributed by atoms with Gasteiger partial charge in [-0.05, 0) is 0 Å². The number of hydrogen-bond acceptors (Lipinski definition) is 5. The van der Waals surface area contributed by atoms with Crippen molar-refractivity contribution in [2.75, 3.05) is 5.73 Å². The molecule has 0 spiro atoms. The highest BCUT2D eigenvalue weighted by atomic mass is 16.6. The molecule has 0 atom stereocenters. The molecule has 0 saturated heterocycles. The Balaban J connectivity index is 2.46. The Morgan fingerprint density at radius 3 is 2.50 bits per heavy atom. The first-order valence-electron chi connectivity index (χ1n) is 4.51. The number of benzene rings is 1. The molecule has 0 amide bonds. The summed E-state index contributed by atoms with van der Waals surface area (Å²) in [5, 5.41) is 10.5. The third kappa shape index (κ3) is 1.81. The van der Waals surface area contributed by atoms with Crippen LogP contribution in [0.15, 0.2) is 36.5 Å². The molecule has 0 bridgehead atoms. The van der Waals surface area contributed by atoms with E-state index in [1.807, 2.05) is 18.2 Å². The van der Waals surface area contributed by atoms with Crippen LogP contribution in [0.3, 0.4) is 0 Å². The zero-order chi connectivity index (χ0) is 11.5. The van der Waals surface area contributed by atoms with Crippen LogP contribution in [0.2, 0.25) is 0 Å². The number of hydrogen-bond donors (Lipinski definition) is 1. The second kappa shape index (κ2) is 3.93. The molecule has 0 aliphatic rings. The fourth-order valence-electron chi connectivity index (χ4n) is 1.26. The van der Waals surface area contributed by atoms with Crippen molar-refractivity contribution < 1.29 is 4.92 Å². The SMILES string of the molecule is Nc1nc(-c2ccccc2)ncc1[N+](=O)[O-]. The Morgan fingerprint density at radius 2 is 1.94 bits per heavy atom. The normalized spacial score (nSPS) is 10.0. The average Bonchev–Trinajstić information content (AvgIpc) is 2.29. The van der Waals surface area contributed by atoms with Crippen molar-refractivity contribution >= 4 is 11.5 Å². The lowest BCUT2D eigenvalue weighted by Gasteiger charge is -2.00. The van der Waals surface area contributed by atoms with Crippen LogP contribution in [0.1, 0.15) is 0 Å². The molecule has 2 rings (SSSR count). The van der Waals surface area contributed by atoms with Gasteiger partial charge in [-0.15, -0.1) is 0 Å². The zero-order valence-electron chi connectivity index (χ0n) is 8.20. The van der Waals surface area contributed by atoms with Crippen molar-refractivity contribution in [3.05, 3.63) is 46.6 Å². The minimum absolute atomic E-state index is 0.126. The van der Waals surface area contributed by atoms with Gasteiger partial charge in [-0.25, -0.2) is 9.97 Å². The van der Waals surface area contributed by atoms with Crippen molar-refractivity contribution in [2.45, 2.75) is 0 Å². The molecule has 1 heterocycles. The van der Waals surface area contributed by atoms with E-state index in [1.54, 1.807) is 12.1 Å². The molecule has 1 aromatic heterocycles. The molecule has 1 aromatic carbocycles. The second-order valence-electron chi connectivity index (χ2n) is 3.09. The van der Waals surface area contributed by atoms with E-state index < -0.39 is 4.92 Å². The maximum absolute atomic E-state index is 10.5. The molecule has 0 aliphatic heterocycles. The molecule has 2 N–H and O–H groups in total. The van der Waals surface area contributed by atoms with Crippen LogP contribution in [0.25, 0.3) is 11.4 Å². The Bertz CT molecular complexity index is 528. The first-order valence-corrected chi connectivity index (χ1v) is 4.51. The average molecular weight is 216 g/mol. The Morgan fingerprint density at radius 1 is 1.25 bits per heavy atom. The van der Waals surface area contributed by atoms with Crippen LogP contribution in [0, 0.1) is 10.1 Å². The summed E-state index contributed by atoms with van der Waals surface area (Å²) in [5.41, 5.74) is 5.96. The van der Waals surface area contributed by atoms with Crippen LogP contribution in [0.5, 0.6) is 0 Å². The van der Waals surface area contributed by atoms with Crippen molar-refractivity contribution in [2.24, 2.45) is 0 Å². The van der Waals surface area contributed by atoms with Gasteiger partial charge >= 0.3 is 5.69 Å². The highest BCUT2D eigenvalue weighted by Crippen LogP contribution is 2.21. The third-order valence-corrected chi connectivity index (χ3v) is 2.03. The molecule has 2 aromatic rings. The molecule has 16 heavy (non-hydrogen) atoms. The highest BCUT2D eigenvalue weighted by Gasteiger charge is 2.14. The lowest BCUT2D eigenvalue weighted by molar-refractivity contribution is -0.384. The minimum Gasteiger partial charge on any atom is -0.378 e. The maximum atomic E-state index is 10.5. The number of aromatic nitrogens is 2. The smallest absolute Gasteiger partial charge is 0.329 e. The largest absolute Gasteiger partial charge is 0.378 e. The van der Waals surface area contributed by atoms with Crippen molar-refractivity contribution in [1.82, 2.24) is 9.97 Å². The van der Waals surface area contributed by atoms with E-state index in [9.17, 15) is 10.1 Å². The van der Waals surface area contributed by atoms with Crippen molar-refractivity contribution in [1.29, 1.82) is 0 Å². The quantitative estimate of drug-likeness (QED) is 0.608. The Kier molecular flexibility index (Phi) is 2.47. The maximum Gasteiger partial charge on any atom is 0.329 e. The van der Waals surface area contributed by atoms with Gasteiger partial charge in [-0.2, -0.15) is 0 Å².